The van der Waals surface area contributed by atoms with E-state index in [9.17, 15) is 5.11 Å². The van der Waals surface area contributed by atoms with E-state index in [-0.39, 0.29) is 5.41 Å². The lowest BCUT2D eigenvalue weighted by Crippen LogP contribution is -2.49. The molecule has 0 heterocycles. The zero-order valence-electron chi connectivity index (χ0n) is 12.6. The fourth-order valence-electron chi connectivity index (χ4n) is 1.83. The van der Waals surface area contributed by atoms with Crippen molar-refractivity contribution in [3.05, 3.63) is 29.8 Å². The Morgan fingerprint density at radius 2 is 1.75 bits per heavy atom. The molecule has 0 amide bonds. The van der Waals surface area contributed by atoms with Crippen LogP contribution in [-0.2, 0) is 10.1 Å². The van der Waals surface area contributed by atoms with Gasteiger partial charge in [0, 0.05) is 0 Å². The second-order valence-corrected chi connectivity index (χ2v) is 6.62. The number of hydrogen-bond donors (Lipinski definition) is 1. The summed E-state index contributed by atoms with van der Waals surface area (Å²) in [6.45, 7) is 7.17. The van der Waals surface area contributed by atoms with Crippen LogP contribution in [0.3, 0.4) is 0 Å². The van der Waals surface area contributed by atoms with E-state index in [1.165, 1.54) is 0 Å². The predicted octanol–water partition coefficient (Wildman–Crippen LogP) is 2.05. The minimum absolute atomic E-state index is 0.244. The summed E-state index contributed by atoms with van der Waals surface area (Å²) < 4.78 is 5.71. The highest BCUT2D eigenvalue weighted by molar-refractivity contribution is 6.47. The topological polar surface area (TPSA) is 53.2 Å². The van der Waals surface area contributed by atoms with Crippen molar-refractivity contribution >= 4 is 12.9 Å². The van der Waals surface area contributed by atoms with Crippen molar-refractivity contribution < 1.29 is 9.76 Å². The van der Waals surface area contributed by atoms with Crippen molar-refractivity contribution in [2.75, 3.05) is 0 Å². The average molecular weight is 270 g/mol. The van der Waals surface area contributed by atoms with Gasteiger partial charge in [0.1, 0.15) is 0 Å². The lowest BCUT2D eigenvalue weighted by molar-refractivity contribution is -0.0893. The SMILES string of the molecule is CC(C)(O)C(C)(C)O[B]c1ccc(C2(C#N)CC2)cc1. The van der Waals surface area contributed by atoms with Crippen molar-refractivity contribution in [2.45, 2.75) is 57.2 Å². The summed E-state index contributed by atoms with van der Waals surface area (Å²) in [4.78, 5) is 0. The fraction of sp³-hybridized carbons (Fsp3) is 0.562. The molecular formula is C16H21BNO2. The van der Waals surface area contributed by atoms with Crippen LogP contribution in [0.2, 0.25) is 0 Å². The third-order valence-corrected chi connectivity index (χ3v) is 4.39. The molecule has 0 unspecified atom stereocenters. The fourth-order valence-corrected chi connectivity index (χ4v) is 1.83. The lowest BCUT2D eigenvalue weighted by Gasteiger charge is -2.37. The van der Waals surface area contributed by atoms with Gasteiger partial charge in [-0.1, -0.05) is 29.7 Å². The van der Waals surface area contributed by atoms with Gasteiger partial charge in [0.05, 0.1) is 22.7 Å². The molecule has 1 aliphatic rings. The Kier molecular flexibility index (Phi) is 3.70. The Hall–Kier alpha value is -1.31. The molecule has 20 heavy (non-hydrogen) atoms. The maximum absolute atomic E-state index is 10.0. The van der Waals surface area contributed by atoms with Crippen LogP contribution in [0.25, 0.3) is 0 Å². The van der Waals surface area contributed by atoms with E-state index in [4.69, 9.17) is 9.92 Å². The first kappa shape index (κ1) is 15.1. The molecule has 1 fully saturated rings. The number of rotatable bonds is 5. The molecule has 0 saturated heterocycles. The van der Waals surface area contributed by atoms with Crippen LogP contribution in [0.1, 0.15) is 46.1 Å². The Balaban J connectivity index is 2.01. The standard InChI is InChI=1S/C16H21BNO2/c1-14(2,19)15(3,4)20-17-13-7-5-12(6-8-13)16(11-18)9-10-16/h5-8,19H,9-10H2,1-4H3. The summed E-state index contributed by atoms with van der Waals surface area (Å²) in [5.74, 6) is 0. The third-order valence-electron chi connectivity index (χ3n) is 4.39. The molecule has 4 heteroatoms. The maximum Gasteiger partial charge on any atom is 0.330 e. The van der Waals surface area contributed by atoms with Gasteiger partial charge in [0.15, 0.2) is 0 Å². The van der Waals surface area contributed by atoms with Crippen LogP contribution in [-0.4, -0.2) is 23.8 Å². The van der Waals surface area contributed by atoms with E-state index in [0.29, 0.717) is 0 Å². The maximum atomic E-state index is 10.0. The van der Waals surface area contributed by atoms with Gasteiger partial charge in [-0.25, -0.2) is 0 Å². The largest absolute Gasteiger partial charge is 0.427 e. The molecule has 1 aromatic rings. The first-order valence-corrected chi connectivity index (χ1v) is 6.95. The van der Waals surface area contributed by atoms with E-state index in [2.05, 4.69) is 6.07 Å². The van der Waals surface area contributed by atoms with Crippen molar-refractivity contribution in [1.82, 2.24) is 0 Å². The minimum Gasteiger partial charge on any atom is -0.427 e. The predicted molar refractivity (Wildman–Crippen MR) is 79.8 cm³/mol. The summed E-state index contributed by atoms with van der Waals surface area (Å²) in [5.41, 5.74) is 0.170. The quantitative estimate of drug-likeness (QED) is 0.833. The van der Waals surface area contributed by atoms with Crippen LogP contribution >= 0.6 is 0 Å². The Labute approximate surface area is 121 Å². The van der Waals surface area contributed by atoms with Gasteiger partial charge >= 0.3 is 7.48 Å². The molecule has 1 radical (unpaired) electrons. The lowest BCUT2D eigenvalue weighted by atomic mass is 9.81. The van der Waals surface area contributed by atoms with Crippen LogP contribution in [0.5, 0.6) is 0 Å². The van der Waals surface area contributed by atoms with Crippen LogP contribution in [0.15, 0.2) is 24.3 Å². The normalized spacial score (nSPS) is 17.4. The molecule has 0 aliphatic heterocycles. The van der Waals surface area contributed by atoms with Crippen molar-refractivity contribution in [3.8, 4) is 6.07 Å². The number of nitriles is 1. The molecule has 0 atom stereocenters. The summed E-state index contributed by atoms with van der Waals surface area (Å²) >= 11 is 0. The Bertz CT molecular complexity index is 519. The first-order valence-electron chi connectivity index (χ1n) is 6.95. The molecule has 0 bridgehead atoms. The van der Waals surface area contributed by atoms with Gasteiger partial charge in [-0.2, -0.15) is 5.26 Å². The molecule has 105 valence electrons. The van der Waals surface area contributed by atoms with Gasteiger partial charge in [-0.05, 0) is 46.1 Å². The Morgan fingerprint density at radius 1 is 1.20 bits per heavy atom. The van der Waals surface area contributed by atoms with E-state index >= 15 is 0 Å². The average Bonchev–Trinajstić information content (AvgIpc) is 3.17. The van der Waals surface area contributed by atoms with Gasteiger partial charge in [-0.15, -0.1) is 0 Å². The van der Waals surface area contributed by atoms with E-state index in [1.54, 1.807) is 21.3 Å². The number of nitrogens with zero attached hydrogens (tertiary/aromatic N) is 1. The van der Waals surface area contributed by atoms with E-state index in [0.717, 1.165) is 23.9 Å². The first-order chi connectivity index (χ1) is 9.20. The highest BCUT2D eigenvalue weighted by atomic mass is 16.5. The van der Waals surface area contributed by atoms with E-state index in [1.807, 2.05) is 38.1 Å². The summed E-state index contributed by atoms with van der Waals surface area (Å²) in [6, 6.07) is 10.3. The molecule has 2 rings (SSSR count). The van der Waals surface area contributed by atoms with Gasteiger partial charge in [0.2, 0.25) is 0 Å². The van der Waals surface area contributed by atoms with Gasteiger partial charge in [0.25, 0.3) is 0 Å². The van der Waals surface area contributed by atoms with Crippen LogP contribution in [0, 0.1) is 11.3 Å². The summed E-state index contributed by atoms with van der Waals surface area (Å²) in [7, 11) is 1.66. The molecule has 1 N–H and O–H groups in total. The second kappa shape index (κ2) is 4.91. The number of aliphatic hydroxyl groups is 1. The molecule has 1 aliphatic carbocycles. The van der Waals surface area contributed by atoms with Crippen LogP contribution < -0.4 is 5.46 Å². The van der Waals surface area contributed by atoms with E-state index < -0.39 is 11.2 Å². The zero-order valence-corrected chi connectivity index (χ0v) is 12.6. The van der Waals surface area contributed by atoms with Crippen LogP contribution in [0.4, 0.5) is 0 Å². The van der Waals surface area contributed by atoms with Gasteiger partial charge in [-0.3, -0.25) is 0 Å². The molecule has 0 spiro atoms. The van der Waals surface area contributed by atoms with Crippen molar-refractivity contribution in [1.29, 1.82) is 5.26 Å². The molecule has 1 aromatic carbocycles. The van der Waals surface area contributed by atoms with Gasteiger partial charge < -0.3 is 9.76 Å². The number of benzene rings is 1. The number of hydrogen-bond acceptors (Lipinski definition) is 3. The molecular weight excluding hydrogens is 249 g/mol. The molecule has 3 nitrogen and oxygen atoms in total. The highest BCUT2D eigenvalue weighted by Crippen LogP contribution is 2.47. The van der Waals surface area contributed by atoms with Crippen molar-refractivity contribution in [3.63, 3.8) is 0 Å². The summed E-state index contributed by atoms with van der Waals surface area (Å²) in [6.07, 6.45) is 1.91. The smallest absolute Gasteiger partial charge is 0.330 e. The molecule has 0 aromatic heterocycles. The molecule has 1 saturated carbocycles. The minimum atomic E-state index is -0.928. The highest BCUT2D eigenvalue weighted by Gasteiger charge is 2.44. The summed E-state index contributed by atoms with van der Waals surface area (Å²) in [5, 5.41) is 19.2. The zero-order chi connectivity index (χ0) is 15.0. The van der Waals surface area contributed by atoms with Crippen molar-refractivity contribution in [2.24, 2.45) is 0 Å². The second-order valence-electron chi connectivity index (χ2n) is 6.62. The Morgan fingerprint density at radius 3 is 2.15 bits per heavy atom. The monoisotopic (exact) mass is 270 g/mol. The third kappa shape index (κ3) is 2.89.